The molecule has 2 atom stereocenters. The predicted octanol–water partition coefficient (Wildman–Crippen LogP) is 2.23. The van der Waals surface area contributed by atoms with Crippen LogP contribution >= 0.6 is 0 Å². The summed E-state index contributed by atoms with van der Waals surface area (Å²) in [5.41, 5.74) is 0.746. The molecule has 2 aromatic rings. The number of benzene rings is 1. The largest absolute Gasteiger partial charge is 0.480 e. The molecular weight excluding hydrogens is 313 g/mol. The zero-order valence-electron chi connectivity index (χ0n) is 13.4. The number of ether oxygens (including phenoxy) is 1. The van der Waals surface area contributed by atoms with E-state index < -0.39 is 6.10 Å². The topological polar surface area (TPSA) is 68.5 Å². The zero-order valence-corrected chi connectivity index (χ0v) is 13.4. The summed E-state index contributed by atoms with van der Waals surface area (Å²) < 4.78 is 24.1. The van der Waals surface area contributed by atoms with Crippen LogP contribution in [0.15, 0.2) is 22.7 Å². The van der Waals surface area contributed by atoms with E-state index in [2.05, 4.69) is 10.1 Å². The van der Waals surface area contributed by atoms with Gasteiger partial charge in [0.05, 0.1) is 0 Å². The second-order valence-corrected chi connectivity index (χ2v) is 6.36. The SMILES string of the molecule is Cc1nc([C@H]2CCCN(C(=O)[C@H]3Cc4cc(F)ccc4O3)C2)no1. The Balaban J connectivity index is 1.45. The van der Waals surface area contributed by atoms with Gasteiger partial charge in [-0.05, 0) is 31.0 Å². The van der Waals surface area contributed by atoms with E-state index >= 15 is 0 Å². The second kappa shape index (κ2) is 5.89. The van der Waals surface area contributed by atoms with Crippen LogP contribution in [-0.2, 0) is 11.2 Å². The van der Waals surface area contributed by atoms with Gasteiger partial charge in [0.25, 0.3) is 5.91 Å². The number of amides is 1. The van der Waals surface area contributed by atoms with E-state index in [4.69, 9.17) is 9.26 Å². The van der Waals surface area contributed by atoms with Crippen LogP contribution in [0.3, 0.4) is 0 Å². The number of aryl methyl sites for hydroxylation is 1. The molecule has 2 aliphatic rings. The predicted molar refractivity (Wildman–Crippen MR) is 82.1 cm³/mol. The van der Waals surface area contributed by atoms with Gasteiger partial charge in [-0.3, -0.25) is 4.79 Å². The quantitative estimate of drug-likeness (QED) is 0.844. The second-order valence-electron chi connectivity index (χ2n) is 6.36. The van der Waals surface area contributed by atoms with Gasteiger partial charge >= 0.3 is 0 Å². The number of nitrogens with zero attached hydrogens (tertiary/aromatic N) is 3. The van der Waals surface area contributed by atoms with Crippen LogP contribution in [0.25, 0.3) is 0 Å². The number of piperidine rings is 1. The molecule has 2 aliphatic heterocycles. The third kappa shape index (κ3) is 2.74. The summed E-state index contributed by atoms with van der Waals surface area (Å²) >= 11 is 0. The van der Waals surface area contributed by atoms with Crippen LogP contribution in [0.4, 0.5) is 4.39 Å². The molecule has 1 saturated heterocycles. The Morgan fingerprint density at radius 3 is 3.08 bits per heavy atom. The maximum atomic E-state index is 13.3. The van der Waals surface area contributed by atoms with Gasteiger partial charge in [-0.2, -0.15) is 4.98 Å². The van der Waals surface area contributed by atoms with E-state index in [1.807, 2.05) is 0 Å². The van der Waals surface area contributed by atoms with Crippen molar-refractivity contribution in [3.05, 3.63) is 41.3 Å². The highest BCUT2D eigenvalue weighted by molar-refractivity contribution is 5.82. The van der Waals surface area contributed by atoms with Crippen molar-refractivity contribution in [1.29, 1.82) is 0 Å². The first-order valence-electron chi connectivity index (χ1n) is 8.14. The molecule has 1 aromatic heterocycles. The number of fused-ring (bicyclic) bond motifs is 1. The van der Waals surface area contributed by atoms with Gasteiger partial charge < -0.3 is 14.2 Å². The average molecular weight is 331 g/mol. The van der Waals surface area contributed by atoms with Crippen molar-refractivity contribution in [2.24, 2.45) is 0 Å². The van der Waals surface area contributed by atoms with Crippen molar-refractivity contribution in [1.82, 2.24) is 15.0 Å². The monoisotopic (exact) mass is 331 g/mol. The lowest BCUT2D eigenvalue weighted by atomic mass is 9.96. The first-order valence-corrected chi connectivity index (χ1v) is 8.14. The summed E-state index contributed by atoms with van der Waals surface area (Å²) in [6, 6.07) is 4.37. The minimum Gasteiger partial charge on any atom is -0.480 e. The minimum atomic E-state index is -0.576. The van der Waals surface area contributed by atoms with Gasteiger partial charge in [-0.15, -0.1) is 0 Å². The molecule has 6 nitrogen and oxygen atoms in total. The van der Waals surface area contributed by atoms with E-state index in [0.29, 0.717) is 37.0 Å². The first-order chi connectivity index (χ1) is 11.6. The molecule has 24 heavy (non-hydrogen) atoms. The first kappa shape index (κ1) is 15.1. The smallest absolute Gasteiger partial charge is 0.264 e. The molecule has 0 aliphatic carbocycles. The Morgan fingerprint density at radius 1 is 1.42 bits per heavy atom. The third-order valence-corrected chi connectivity index (χ3v) is 4.61. The molecule has 0 radical (unpaired) electrons. The van der Waals surface area contributed by atoms with Crippen molar-refractivity contribution in [2.45, 2.75) is 38.2 Å². The van der Waals surface area contributed by atoms with Crippen LogP contribution in [0, 0.1) is 12.7 Å². The van der Waals surface area contributed by atoms with Crippen LogP contribution in [-0.4, -0.2) is 40.1 Å². The zero-order chi connectivity index (χ0) is 16.7. The molecule has 0 unspecified atom stereocenters. The number of aromatic nitrogens is 2. The summed E-state index contributed by atoms with van der Waals surface area (Å²) in [5, 5.41) is 3.98. The summed E-state index contributed by atoms with van der Waals surface area (Å²) in [5.74, 6) is 1.50. The van der Waals surface area contributed by atoms with E-state index in [1.54, 1.807) is 17.9 Å². The Labute approximate surface area is 138 Å². The van der Waals surface area contributed by atoms with Gasteiger partial charge in [-0.25, -0.2) is 4.39 Å². The fourth-order valence-corrected chi connectivity index (χ4v) is 3.43. The number of halogens is 1. The number of likely N-dealkylation sites (tertiary alicyclic amines) is 1. The van der Waals surface area contributed by atoms with Crippen LogP contribution in [0.2, 0.25) is 0 Å². The summed E-state index contributed by atoms with van der Waals surface area (Å²) in [7, 11) is 0. The lowest BCUT2D eigenvalue weighted by molar-refractivity contribution is -0.139. The number of hydrogen-bond acceptors (Lipinski definition) is 5. The highest BCUT2D eigenvalue weighted by atomic mass is 19.1. The lowest BCUT2D eigenvalue weighted by Gasteiger charge is -2.32. The average Bonchev–Trinajstić information content (AvgIpc) is 3.20. The Bertz CT molecular complexity index is 776. The summed E-state index contributed by atoms with van der Waals surface area (Å²) in [4.78, 5) is 18.9. The van der Waals surface area contributed by atoms with Crippen molar-refractivity contribution in [2.75, 3.05) is 13.1 Å². The molecule has 1 fully saturated rings. The molecule has 1 amide bonds. The minimum absolute atomic E-state index is 0.0588. The van der Waals surface area contributed by atoms with Crippen molar-refractivity contribution in [3.8, 4) is 5.75 Å². The summed E-state index contributed by atoms with van der Waals surface area (Å²) in [6.45, 7) is 3.00. The number of carbonyl (C=O) groups is 1. The number of rotatable bonds is 2. The fraction of sp³-hybridized carbons (Fsp3) is 0.471. The van der Waals surface area contributed by atoms with E-state index in [-0.39, 0.29) is 17.6 Å². The van der Waals surface area contributed by atoms with Crippen molar-refractivity contribution in [3.63, 3.8) is 0 Å². The highest BCUT2D eigenvalue weighted by Crippen LogP contribution is 2.31. The number of carbonyl (C=O) groups excluding carboxylic acids is 1. The Kier molecular flexibility index (Phi) is 3.70. The summed E-state index contributed by atoms with van der Waals surface area (Å²) in [6.07, 6.45) is 1.65. The molecule has 0 spiro atoms. The van der Waals surface area contributed by atoms with Crippen LogP contribution in [0.1, 0.15) is 36.0 Å². The van der Waals surface area contributed by atoms with Gasteiger partial charge in [0.15, 0.2) is 11.9 Å². The molecule has 1 aromatic carbocycles. The molecule has 4 rings (SSSR count). The van der Waals surface area contributed by atoms with Crippen molar-refractivity contribution >= 4 is 5.91 Å². The third-order valence-electron chi connectivity index (χ3n) is 4.61. The lowest BCUT2D eigenvalue weighted by Crippen LogP contribution is -2.46. The molecule has 0 bridgehead atoms. The van der Waals surface area contributed by atoms with E-state index in [1.165, 1.54) is 12.1 Å². The maximum absolute atomic E-state index is 13.3. The molecule has 0 N–H and O–H groups in total. The highest BCUT2D eigenvalue weighted by Gasteiger charge is 2.35. The van der Waals surface area contributed by atoms with Crippen LogP contribution in [0.5, 0.6) is 5.75 Å². The van der Waals surface area contributed by atoms with Crippen LogP contribution < -0.4 is 4.74 Å². The van der Waals surface area contributed by atoms with Gasteiger partial charge in [0, 0.05) is 37.9 Å². The van der Waals surface area contributed by atoms with Gasteiger partial charge in [0.2, 0.25) is 5.89 Å². The molecule has 7 heteroatoms. The van der Waals surface area contributed by atoms with Crippen molar-refractivity contribution < 1.29 is 18.4 Å². The van der Waals surface area contributed by atoms with Gasteiger partial charge in [0.1, 0.15) is 11.6 Å². The van der Waals surface area contributed by atoms with Gasteiger partial charge in [-0.1, -0.05) is 5.16 Å². The van der Waals surface area contributed by atoms with E-state index in [9.17, 15) is 9.18 Å². The normalized spacial score (nSPS) is 23.0. The fourth-order valence-electron chi connectivity index (χ4n) is 3.43. The Hall–Kier alpha value is -2.44. The standard InChI is InChI=1S/C17H18FN3O3/c1-10-19-16(20-24-10)11-3-2-6-21(9-11)17(22)15-8-12-7-13(18)4-5-14(12)23-15/h4-5,7,11,15H,2-3,6,8-9H2,1H3/t11-,15+/m0/s1. The molecule has 3 heterocycles. The maximum Gasteiger partial charge on any atom is 0.264 e. The molecule has 0 saturated carbocycles. The molecular formula is C17H18FN3O3. The molecule has 126 valence electrons. The van der Waals surface area contributed by atoms with E-state index in [0.717, 1.165) is 18.4 Å². The number of hydrogen-bond donors (Lipinski definition) is 0. The Morgan fingerprint density at radius 2 is 2.29 bits per heavy atom.